The van der Waals surface area contributed by atoms with E-state index in [1.165, 1.54) is 5.56 Å². The number of ketones is 1. The highest BCUT2D eigenvalue weighted by molar-refractivity contribution is 5.97. The minimum Gasteiger partial charge on any atom is -0.299 e. The van der Waals surface area contributed by atoms with Gasteiger partial charge in [-0.15, -0.1) is 6.42 Å². The van der Waals surface area contributed by atoms with Crippen LogP contribution in [0.15, 0.2) is 24.3 Å². The molecule has 0 spiro atoms. The summed E-state index contributed by atoms with van der Waals surface area (Å²) in [6.07, 6.45) is 7.20. The van der Waals surface area contributed by atoms with Crippen LogP contribution >= 0.6 is 0 Å². The SMILES string of the molecule is C#CCNCC(=O)c1cccc(CCC)c1. The van der Waals surface area contributed by atoms with Crippen LogP contribution in [0.2, 0.25) is 0 Å². The molecule has 0 amide bonds. The van der Waals surface area contributed by atoms with Crippen molar-refractivity contribution in [2.45, 2.75) is 19.8 Å². The van der Waals surface area contributed by atoms with E-state index >= 15 is 0 Å². The molecule has 0 aliphatic carbocycles. The molecule has 0 aliphatic rings. The Morgan fingerprint density at radius 3 is 3.00 bits per heavy atom. The Kier molecular flexibility index (Phi) is 5.31. The highest BCUT2D eigenvalue weighted by Gasteiger charge is 2.05. The fraction of sp³-hybridized carbons (Fsp3) is 0.357. The monoisotopic (exact) mass is 215 g/mol. The fourth-order valence-corrected chi connectivity index (χ4v) is 1.54. The summed E-state index contributed by atoms with van der Waals surface area (Å²) in [5, 5.41) is 2.90. The lowest BCUT2D eigenvalue weighted by molar-refractivity contribution is 0.0992. The first-order valence-corrected chi connectivity index (χ1v) is 5.54. The number of Topliss-reactive ketones (excluding diaryl/α,β-unsaturated/α-hetero) is 1. The summed E-state index contributed by atoms with van der Waals surface area (Å²) in [6.45, 7) is 2.86. The first-order valence-electron chi connectivity index (χ1n) is 5.54. The van der Waals surface area contributed by atoms with Gasteiger partial charge in [0.1, 0.15) is 0 Å². The van der Waals surface area contributed by atoms with E-state index in [1.807, 2.05) is 18.2 Å². The average Bonchev–Trinajstić information content (AvgIpc) is 2.30. The first-order chi connectivity index (χ1) is 7.77. The molecule has 1 aromatic rings. The lowest BCUT2D eigenvalue weighted by Crippen LogP contribution is -2.23. The Morgan fingerprint density at radius 2 is 2.31 bits per heavy atom. The van der Waals surface area contributed by atoms with Gasteiger partial charge in [-0.05, 0) is 18.1 Å². The molecule has 2 heteroatoms. The Morgan fingerprint density at radius 1 is 1.50 bits per heavy atom. The molecule has 0 radical (unpaired) electrons. The van der Waals surface area contributed by atoms with E-state index in [0.717, 1.165) is 18.4 Å². The topological polar surface area (TPSA) is 29.1 Å². The summed E-state index contributed by atoms with van der Waals surface area (Å²) in [7, 11) is 0. The van der Waals surface area contributed by atoms with Crippen LogP contribution in [-0.2, 0) is 6.42 Å². The largest absolute Gasteiger partial charge is 0.299 e. The van der Waals surface area contributed by atoms with E-state index in [1.54, 1.807) is 0 Å². The molecular formula is C14H17NO. The number of carbonyl (C=O) groups excluding carboxylic acids is 1. The molecule has 84 valence electrons. The smallest absolute Gasteiger partial charge is 0.176 e. The lowest BCUT2D eigenvalue weighted by Gasteiger charge is -2.04. The normalized spacial score (nSPS) is 9.75. The number of hydrogen-bond acceptors (Lipinski definition) is 2. The van der Waals surface area contributed by atoms with Crippen LogP contribution in [0, 0.1) is 12.3 Å². The maximum atomic E-state index is 11.7. The van der Waals surface area contributed by atoms with Gasteiger partial charge < -0.3 is 0 Å². The van der Waals surface area contributed by atoms with Crippen LogP contribution in [0.5, 0.6) is 0 Å². The van der Waals surface area contributed by atoms with Gasteiger partial charge in [0.15, 0.2) is 5.78 Å². The van der Waals surface area contributed by atoms with Gasteiger partial charge in [0.25, 0.3) is 0 Å². The van der Waals surface area contributed by atoms with Crippen molar-refractivity contribution in [3.05, 3.63) is 35.4 Å². The van der Waals surface area contributed by atoms with Crippen molar-refractivity contribution in [1.29, 1.82) is 0 Å². The van der Waals surface area contributed by atoms with Crippen LogP contribution in [0.4, 0.5) is 0 Å². The third kappa shape index (κ3) is 3.88. The van der Waals surface area contributed by atoms with Crippen molar-refractivity contribution in [2.75, 3.05) is 13.1 Å². The van der Waals surface area contributed by atoms with Crippen molar-refractivity contribution < 1.29 is 4.79 Å². The molecular weight excluding hydrogens is 198 g/mol. The molecule has 0 aromatic heterocycles. The second-order valence-electron chi connectivity index (χ2n) is 3.68. The molecule has 0 fully saturated rings. The number of carbonyl (C=O) groups is 1. The van der Waals surface area contributed by atoms with E-state index in [2.05, 4.69) is 24.2 Å². The van der Waals surface area contributed by atoms with Crippen LogP contribution in [0.1, 0.15) is 29.3 Å². The number of rotatable bonds is 6. The van der Waals surface area contributed by atoms with Crippen LogP contribution in [0.25, 0.3) is 0 Å². The van der Waals surface area contributed by atoms with Crippen LogP contribution in [0.3, 0.4) is 0 Å². The van der Waals surface area contributed by atoms with Crippen molar-refractivity contribution in [3.63, 3.8) is 0 Å². The third-order valence-corrected chi connectivity index (χ3v) is 2.30. The zero-order chi connectivity index (χ0) is 11.8. The summed E-state index contributed by atoms with van der Waals surface area (Å²) in [5.74, 6) is 2.53. The minimum absolute atomic E-state index is 0.0909. The first kappa shape index (κ1) is 12.5. The molecule has 0 bridgehead atoms. The van der Waals surface area contributed by atoms with Crippen molar-refractivity contribution >= 4 is 5.78 Å². The van der Waals surface area contributed by atoms with E-state index in [9.17, 15) is 4.79 Å². The second kappa shape index (κ2) is 6.81. The molecule has 0 atom stereocenters. The summed E-state index contributed by atoms with van der Waals surface area (Å²) in [5.41, 5.74) is 1.97. The van der Waals surface area contributed by atoms with Crippen molar-refractivity contribution in [3.8, 4) is 12.3 Å². The van der Waals surface area contributed by atoms with Crippen LogP contribution in [-0.4, -0.2) is 18.9 Å². The molecule has 1 aromatic carbocycles. The van der Waals surface area contributed by atoms with Gasteiger partial charge in [0, 0.05) is 5.56 Å². The molecule has 16 heavy (non-hydrogen) atoms. The number of nitrogens with one attached hydrogen (secondary N) is 1. The Balaban J connectivity index is 2.61. The molecule has 0 unspecified atom stereocenters. The Labute approximate surface area is 97.1 Å². The average molecular weight is 215 g/mol. The van der Waals surface area contributed by atoms with E-state index in [0.29, 0.717) is 13.1 Å². The van der Waals surface area contributed by atoms with Gasteiger partial charge in [-0.25, -0.2) is 0 Å². The second-order valence-corrected chi connectivity index (χ2v) is 3.68. The molecule has 0 heterocycles. The minimum atomic E-state index is 0.0909. The number of aryl methyl sites for hydroxylation is 1. The highest BCUT2D eigenvalue weighted by Crippen LogP contribution is 2.07. The molecule has 0 saturated heterocycles. The standard InChI is InChI=1S/C14H17NO/c1-3-6-12-7-5-8-13(10-12)14(16)11-15-9-4-2/h2,5,7-8,10,15H,3,6,9,11H2,1H3. The maximum Gasteiger partial charge on any atom is 0.176 e. The third-order valence-electron chi connectivity index (χ3n) is 2.30. The summed E-state index contributed by atoms with van der Waals surface area (Å²) in [6, 6.07) is 7.79. The maximum absolute atomic E-state index is 11.7. The highest BCUT2D eigenvalue weighted by atomic mass is 16.1. The quantitative estimate of drug-likeness (QED) is 0.447. The number of hydrogen-bond donors (Lipinski definition) is 1. The molecule has 0 saturated carbocycles. The van der Waals surface area contributed by atoms with E-state index < -0.39 is 0 Å². The molecule has 1 rings (SSSR count). The lowest BCUT2D eigenvalue weighted by atomic mass is 10.0. The Bertz CT molecular complexity index is 390. The summed E-state index contributed by atoms with van der Waals surface area (Å²) < 4.78 is 0. The number of benzene rings is 1. The van der Waals surface area contributed by atoms with Gasteiger partial charge in [0.2, 0.25) is 0 Å². The van der Waals surface area contributed by atoms with Gasteiger partial charge in [-0.2, -0.15) is 0 Å². The zero-order valence-corrected chi connectivity index (χ0v) is 9.62. The van der Waals surface area contributed by atoms with Gasteiger partial charge in [-0.1, -0.05) is 37.5 Å². The fourth-order valence-electron chi connectivity index (χ4n) is 1.54. The molecule has 1 N–H and O–H groups in total. The molecule has 2 nitrogen and oxygen atoms in total. The van der Waals surface area contributed by atoms with Crippen molar-refractivity contribution in [1.82, 2.24) is 5.32 Å². The predicted molar refractivity (Wildman–Crippen MR) is 66.5 cm³/mol. The van der Waals surface area contributed by atoms with Gasteiger partial charge >= 0.3 is 0 Å². The van der Waals surface area contributed by atoms with Crippen molar-refractivity contribution in [2.24, 2.45) is 0 Å². The van der Waals surface area contributed by atoms with Crippen LogP contribution < -0.4 is 5.32 Å². The van der Waals surface area contributed by atoms with E-state index in [4.69, 9.17) is 6.42 Å². The predicted octanol–water partition coefficient (Wildman–Crippen LogP) is 2.04. The van der Waals surface area contributed by atoms with Gasteiger partial charge in [-0.3, -0.25) is 10.1 Å². The summed E-state index contributed by atoms with van der Waals surface area (Å²) in [4.78, 5) is 11.7. The zero-order valence-electron chi connectivity index (χ0n) is 9.62. The Hall–Kier alpha value is -1.59. The van der Waals surface area contributed by atoms with E-state index in [-0.39, 0.29) is 5.78 Å². The summed E-state index contributed by atoms with van der Waals surface area (Å²) >= 11 is 0. The van der Waals surface area contributed by atoms with Gasteiger partial charge in [0.05, 0.1) is 13.1 Å². The number of terminal acetylenes is 1. The molecule has 0 aliphatic heterocycles.